The van der Waals surface area contributed by atoms with E-state index < -0.39 is 0 Å². The van der Waals surface area contributed by atoms with Crippen LogP contribution >= 0.6 is 0 Å². The van der Waals surface area contributed by atoms with Crippen molar-refractivity contribution in [1.82, 2.24) is 0 Å². The molecule has 1 aromatic carbocycles. The first-order chi connectivity index (χ1) is 6.54. The van der Waals surface area contributed by atoms with Gasteiger partial charge < -0.3 is 0 Å². The average molecular weight is 185 g/mol. The third kappa shape index (κ3) is 1.26. The Morgan fingerprint density at radius 3 is 1.50 bits per heavy atom. The van der Waals surface area contributed by atoms with Crippen molar-refractivity contribution in [2.45, 2.75) is 27.7 Å². The van der Waals surface area contributed by atoms with Gasteiger partial charge in [0.1, 0.15) is 0 Å². The second kappa shape index (κ2) is 3.52. The van der Waals surface area contributed by atoms with Gasteiger partial charge in [0.25, 0.3) is 6.57 Å². The molecular weight excluding hydrogens is 172 g/mol. The van der Waals surface area contributed by atoms with Crippen LogP contribution in [-0.4, -0.2) is 0 Å². The van der Waals surface area contributed by atoms with Crippen LogP contribution in [0.4, 0.5) is 11.4 Å². The van der Waals surface area contributed by atoms with Crippen molar-refractivity contribution in [3.05, 3.63) is 38.5 Å². The minimum absolute atomic E-state index is 0.729. The SMILES string of the molecule is [C-]#[N+]c1c(C)c(C)c([N+]#C)c(C)c1C. The first-order valence-electron chi connectivity index (χ1n) is 4.43. The highest BCUT2D eigenvalue weighted by Crippen LogP contribution is 2.37. The molecule has 0 radical (unpaired) electrons. The fourth-order valence-electron chi connectivity index (χ4n) is 1.63. The zero-order valence-corrected chi connectivity index (χ0v) is 8.97. The molecule has 0 atom stereocenters. The Hall–Kier alpha value is -1.80. The standard InChI is InChI=1S/C12H13N2/c1-7-8(2)12(14-6)10(4)9(3)11(7)13-5/h5H,1-4H3/q+1. The summed E-state index contributed by atoms with van der Waals surface area (Å²) < 4.78 is 0. The van der Waals surface area contributed by atoms with Crippen LogP contribution in [0.1, 0.15) is 22.3 Å². The molecule has 0 aromatic heterocycles. The molecule has 1 rings (SSSR count). The molecule has 0 aliphatic carbocycles. The van der Waals surface area contributed by atoms with Gasteiger partial charge in [0.05, 0.1) is 6.57 Å². The zero-order valence-electron chi connectivity index (χ0n) is 8.97. The van der Waals surface area contributed by atoms with Gasteiger partial charge in [-0.15, -0.1) is 0 Å². The first kappa shape index (κ1) is 10.3. The largest absolute Gasteiger partial charge is 0.343 e. The molecule has 0 N–H and O–H groups in total. The fourth-order valence-corrected chi connectivity index (χ4v) is 1.63. The van der Waals surface area contributed by atoms with E-state index in [1.165, 1.54) is 0 Å². The Morgan fingerprint density at radius 2 is 1.21 bits per heavy atom. The Labute approximate surface area is 84.8 Å². The normalized spacial score (nSPS) is 9.29. The van der Waals surface area contributed by atoms with Crippen molar-refractivity contribution in [3.8, 4) is 6.57 Å². The molecule has 0 heterocycles. The van der Waals surface area contributed by atoms with Gasteiger partial charge in [-0.05, 0) is 43.7 Å². The summed E-state index contributed by atoms with van der Waals surface area (Å²) in [5.74, 6) is 0. The number of hydrogen-bond acceptors (Lipinski definition) is 0. The van der Waals surface area contributed by atoms with Crippen molar-refractivity contribution in [2.24, 2.45) is 0 Å². The van der Waals surface area contributed by atoms with Crippen LogP contribution in [0.25, 0.3) is 9.69 Å². The van der Waals surface area contributed by atoms with Gasteiger partial charge in [0, 0.05) is 11.1 Å². The van der Waals surface area contributed by atoms with Gasteiger partial charge in [0.15, 0.2) is 5.69 Å². The van der Waals surface area contributed by atoms with E-state index in [4.69, 9.17) is 13.1 Å². The van der Waals surface area contributed by atoms with Crippen LogP contribution in [0.5, 0.6) is 0 Å². The topological polar surface area (TPSA) is 8.72 Å². The highest BCUT2D eigenvalue weighted by Gasteiger charge is 2.20. The monoisotopic (exact) mass is 185 g/mol. The molecule has 0 saturated carbocycles. The molecule has 0 fully saturated rings. The Balaban J connectivity index is 3.77. The lowest BCUT2D eigenvalue weighted by atomic mass is 9.96. The molecule has 0 aliphatic rings. The van der Waals surface area contributed by atoms with Gasteiger partial charge in [-0.3, -0.25) is 0 Å². The highest BCUT2D eigenvalue weighted by molar-refractivity contribution is 5.74. The minimum Gasteiger partial charge on any atom is -0.238 e. The van der Waals surface area contributed by atoms with Gasteiger partial charge in [-0.2, -0.15) is 0 Å². The second-order valence-electron chi connectivity index (χ2n) is 3.44. The van der Waals surface area contributed by atoms with Gasteiger partial charge in [0.2, 0.25) is 0 Å². The smallest absolute Gasteiger partial charge is 0.238 e. The molecule has 0 amide bonds. The Morgan fingerprint density at radius 1 is 0.857 bits per heavy atom. The predicted octanol–water partition coefficient (Wildman–Crippen LogP) is 4.07. The van der Waals surface area contributed by atoms with Gasteiger partial charge >= 0.3 is 5.69 Å². The average Bonchev–Trinajstić information content (AvgIpc) is 2.17. The van der Waals surface area contributed by atoms with Crippen LogP contribution in [0.15, 0.2) is 0 Å². The Bertz CT molecular complexity index is 397. The van der Waals surface area contributed by atoms with Crippen LogP contribution in [0, 0.1) is 40.8 Å². The van der Waals surface area contributed by atoms with E-state index >= 15 is 0 Å². The number of nitrogens with zero attached hydrogens (tertiary/aromatic N) is 2. The minimum atomic E-state index is 0.729. The van der Waals surface area contributed by atoms with Crippen molar-refractivity contribution in [3.63, 3.8) is 0 Å². The summed E-state index contributed by atoms with van der Waals surface area (Å²) in [5.41, 5.74) is 5.50. The molecular formula is C12H13N2+. The lowest BCUT2D eigenvalue weighted by Gasteiger charge is -2.07. The lowest BCUT2D eigenvalue weighted by Crippen LogP contribution is -1.90. The Kier molecular flexibility index (Phi) is 2.58. The van der Waals surface area contributed by atoms with Crippen LogP contribution < -0.4 is 0 Å². The van der Waals surface area contributed by atoms with Crippen molar-refractivity contribution >= 4 is 11.4 Å². The summed E-state index contributed by atoms with van der Waals surface area (Å²) >= 11 is 0. The molecule has 2 heteroatoms. The highest BCUT2D eigenvalue weighted by atomic mass is 14.7. The summed E-state index contributed by atoms with van der Waals surface area (Å²) in [6.45, 7) is 20.2. The maximum atomic E-state index is 7.11. The predicted molar refractivity (Wildman–Crippen MR) is 59.6 cm³/mol. The van der Waals surface area contributed by atoms with Crippen molar-refractivity contribution < 1.29 is 0 Å². The third-order valence-electron chi connectivity index (χ3n) is 2.79. The fraction of sp³-hybridized carbons (Fsp3) is 0.333. The third-order valence-corrected chi connectivity index (χ3v) is 2.79. The summed E-state index contributed by atoms with van der Waals surface area (Å²) in [5, 5.41) is 0. The quantitative estimate of drug-likeness (QED) is 0.539. The molecule has 70 valence electrons. The van der Waals surface area contributed by atoms with Crippen molar-refractivity contribution in [2.75, 3.05) is 0 Å². The lowest BCUT2D eigenvalue weighted by molar-refractivity contribution is 1.27. The first-order valence-corrected chi connectivity index (χ1v) is 4.43. The van der Waals surface area contributed by atoms with Crippen LogP contribution in [0.3, 0.4) is 0 Å². The molecule has 1 aromatic rings. The van der Waals surface area contributed by atoms with Gasteiger partial charge in [-0.25, -0.2) is 4.85 Å². The zero-order chi connectivity index (χ0) is 10.9. The van der Waals surface area contributed by atoms with E-state index in [9.17, 15) is 0 Å². The maximum Gasteiger partial charge on any atom is 0.343 e. The number of benzene rings is 1. The van der Waals surface area contributed by atoms with Crippen LogP contribution in [-0.2, 0) is 0 Å². The number of hydrogen-bond donors (Lipinski definition) is 0. The van der Waals surface area contributed by atoms with E-state index in [-0.39, 0.29) is 0 Å². The van der Waals surface area contributed by atoms with E-state index in [1.807, 2.05) is 27.7 Å². The van der Waals surface area contributed by atoms with Gasteiger partial charge in [-0.1, -0.05) is 0 Å². The van der Waals surface area contributed by atoms with Crippen LogP contribution in [0.2, 0.25) is 0 Å². The molecule has 0 aliphatic heterocycles. The molecule has 2 nitrogen and oxygen atoms in total. The molecule has 0 saturated heterocycles. The molecule has 0 bridgehead atoms. The number of rotatable bonds is 0. The summed E-state index contributed by atoms with van der Waals surface area (Å²) in [7, 11) is 0. The summed E-state index contributed by atoms with van der Waals surface area (Å²) in [6, 6.07) is 0. The molecule has 14 heavy (non-hydrogen) atoms. The van der Waals surface area contributed by atoms with Crippen molar-refractivity contribution in [1.29, 1.82) is 0 Å². The summed E-state index contributed by atoms with van der Waals surface area (Å²) in [4.78, 5) is 7.30. The van der Waals surface area contributed by atoms with E-state index in [0.29, 0.717) is 0 Å². The maximum absolute atomic E-state index is 7.11. The van der Waals surface area contributed by atoms with E-state index in [1.54, 1.807) is 0 Å². The molecule has 0 unspecified atom stereocenters. The van der Waals surface area contributed by atoms with E-state index in [0.717, 1.165) is 33.6 Å². The molecule has 0 spiro atoms. The second-order valence-corrected chi connectivity index (χ2v) is 3.44. The van der Waals surface area contributed by atoms with E-state index in [2.05, 4.69) is 9.69 Å². The summed E-state index contributed by atoms with van der Waals surface area (Å²) in [6.07, 6.45) is 0.